The lowest BCUT2D eigenvalue weighted by molar-refractivity contribution is -0.140. The van der Waals surface area contributed by atoms with Gasteiger partial charge in [-0.05, 0) is 18.6 Å². The number of carbonyl (C=O) groups is 2. The Labute approximate surface area is 146 Å². The summed E-state index contributed by atoms with van der Waals surface area (Å²) in [7, 11) is 0. The number of aliphatic hydroxyl groups is 1. The van der Waals surface area contributed by atoms with Crippen LogP contribution in [0, 0.1) is 0 Å². The predicted octanol–water partition coefficient (Wildman–Crippen LogP) is 3.30. The quantitative estimate of drug-likeness (QED) is 0.517. The van der Waals surface area contributed by atoms with Crippen molar-refractivity contribution in [1.29, 1.82) is 0 Å². The molecule has 1 N–H and O–H groups in total. The molecule has 3 rings (SSSR count). The number of nitrogens with zero attached hydrogens (tertiary/aromatic N) is 2. The molecule has 1 aromatic heterocycles. The molecule has 1 atom stereocenters. The van der Waals surface area contributed by atoms with E-state index >= 15 is 0 Å². The Kier molecular flexibility index (Phi) is 4.93. The average molecular weight is 336 g/mol. The van der Waals surface area contributed by atoms with Crippen LogP contribution in [0.15, 0.2) is 60.3 Å². The molecule has 0 radical (unpaired) electrons. The molecule has 0 saturated carbocycles. The predicted molar refractivity (Wildman–Crippen MR) is 94.6 cm³/mol. The number of hydrogen-bond acceptors (Lipinski definition) is 4. The Hall–Kier alpha value is -2.95. The van der Waals surface area contributed by atoms with E-state index in [-0.39, 0.29) is 11.3 Å². The Morgan fingerprint density at radius 1 is 1.12 bits per heavy atom. The van der Waals surface area contributed by atoms with Crippen molar-refractivity contribution in [2.45, 2.75) is 25.8 Å². The zero-order valence-corrected chi connectivity index (χ0v) is 14.1. The number of carbonyl (C=O) groups excluding carboxylic acids is 2. The fourth-order valence-electron chi connectivity index (χ4n) is 3.04. The second kappa shape index (κ2) is 7.30. The van der Waals surface area contributed by atoms with Gasteiger partial charge in [-0.2, -0.15) is 0 Å². The minimum atomic E-state index is -0.659. The number of pyridine rings is 1. The molecule has 0 spiro atoms. The van der Waals surface area contributed by atoms with Gasteiger partial charge in [0.1, 0.15) is 11.8 Å². The van der Waals surface area contributed by atoms with E-state index in [0.29, 0.717) is 17.8 Å². The van der Waals surface area contributed by atoms with Gasteiger partial charge >= 0.3 is 0 Å². The summed E-state index contributed by atoms with van der Waals surface area (Å²) in [4.78, 5) is 31.0. The van der Waals surface area contributed by atoms with Crippen LogP contribution in [0.2, 0.25) is 0 Å². The molecule has 2 aromatic rings. The Balaban J connectivity index is 2.14. The van der Waals surface area contributed by atoms with Crippen LogP contribution >= 0.6 is 0 Å². The first-order valence-electron chi connectivity index (χ1n) is 8.40. The molecule has 1 aromatic carbocycles. The molecule has 128 valence electrons. The van der Waals surface area contributed by atoms with E-state index in [2.05, 4.69) is 4.98 Å². The Morgan fingerprint density at radius 3 is 2.48 bits per heavy atom. The fourth-order valence-corrected chi connectivity index (χ4v) is 3.04. The summed E-state index contributed by atoms with van der Waals surface area (Å²) in [6, 6.07) is 13.5. The van der Waals surface area contributed by atoms with Crippen molar-refractivity contribution in [3.05, 3.63) is 71.6 Å². The lowest BCUT2D eigenvalue weighted by Gasteiger charge is -2.24. The first-order valence-corrected chi connectivity index (χ1v) is 8.40. The molecule has 1 amide bonds. The van der Waals surface area contributed by atoms with Crippen molar-refractivity contribution < 1.29 is 14.7 Å². The second-order valence-corrected chi connectivity index (χ2v) is 5.97. The van der Waals surface area contributed by atoms with Gasteiger partial charge in [0.15, 0.2) is 0 Å². The van der Waals surface area contributed by atoms with Gasteiger partial charge in [0.2, 0.25) is 0 Å². The third-order valence-electron chi connectivity index (χ3n) is 4.31. The van der Waals surface area contributed by atoms with Gasteiger partial charge in [0.05, 0.1) is 11.3 Å². The molecule has 0 bridgehead atoms. The maximum Gasteiger partial charge on any atom is 0.295 e. The molecular weight excluding hydrogens is 316 g/mol. The number of rotatable bonds is 5. The van der Waals surface area contributed by atoms with E-state index in [1.54, 1.807) is 42.6 Å². The summed E-state index contributed by atoms with van der Waals surface area (Å²) >= 11 is 0. The van der Waals surface area contributed by atoms with Gasteiger partial charge in [-0.15, -0.1) is 0 Å². The summed E-state index contributed by atoms with van der Waals surface area (Å²) in [6.07, 6.45) is 3.30. The summed E-state index contributed by atoms with van der Waals surface area (Å²) in [5.74, 6) is -1.40. The number of ketones is 1. The highest BCUT2D eigenvalue weighted by atomic mass is 16.3. The number of hydrogen-bond donors (Lipinski definition) is 1. The maximum atomic E-state index is 12.6. The number of aliphatic hydroxyl groups excluding tert-OH is 1. The molecule has 1 aliphatic heterocycles. The topological polar surface area (TPSA) is 70.5 Å². The van der Waals surface area contributed by atoms with E-state index < -0.39 is 17.7 Å². The van der Waals surface area contributed by atoms with Crippen LogP contribution in [-0.2, 0) is 9.59 Å². The number of Topliss-reactive ketones (excluding diaryl/α,β-unsaturated/α-hetero) is 1. The van der Waals surface area contributed by atoms with Crippen LogP contribution in [0.1, 0.15) is 37.1 Å². The van der Waals surface area contributed by atoms with E-state index in [0.717, 1.165) is 12.8 Å². The van der Waals surface area contributed by atoms with E-state index in [1.807, 2.05) is 19.1 Å². The molecule has 1 unspecified atom stereocenters. The highest BCUT2D eigenvalue weighted by Gasteiger charge is 2.46. The van der Waals surface area contributed by atoms with Gasteiger partial charge in [-0.3, -0.25) is 14.6 Å². The summed E-state index contributed by atoms with van der Waals surface area (Å²) < 4.78 is 0. The molecule has 25 heavy (non-hydrogen) atoms. The number of amides is 1. The summed E-state index contributed by atoms with van der Waals surface area (Å²) in [6.45, 7) is 2.48. The molecule has 2 heterocycles. The van der Waals surface area contributed by atoms with Crippen LogP contribution in [0.5, 0.6) is 0 Å². The van der Waals surface area contributed by atoms with E-state index in [1.165, 1.54) is 4.90 Å². The van der Waals surface area contributed by atoms with E-state index in [4.69, 9.17) is 0 Å². The van der Waals surface area contributed by atoms with Crippen LogP contribution in [0.25, 0.3) is 5.76 Å². The molecule has 5 heteroatoms. The molecule has 1 saturated heterocycles. The standard InChI is InChI=1S/C20H20N2O3/c1-2-3-13-22-17(15-11-7-8-12-21-15)16(19(24)20(22)25)18(23)14-9-5-4-6-10-14/h4-12,17,23H,2-3,13H2,1H3/b18-16-. The highest BCUT2D eigenvalue weighted by Crippen LogP contribution is 2.38. The second-order valence-electron chi connectivity index (χ2n) is 5.97. The van der Waals surface area contributed by atoms with Gasteiger partial charge in [0, 0.05) is 18.3 Å². The van der Waals surface area contributed by atoms with E-state index in [9.17, 15) is 14.7 Å². The molecule has 0 aliphatic carbocycles. The maximum absolute atomic E-state index is 12.6. The Bertz CT molecular complexity index is 800. The molecule has 5 nitrogen and oxygen atoms in total. The fraction of sp³-hybridized carbons (Fsp3) is 0.250. The number of unbranched alkanes of at least 4 members (excludes halogenated alkanes) is 1. The third kappa shape index (κ3) is 3.18. The van der Waals surface area contributed by atoms with Gasteiger partial charge in [0.25, 0.3) is 11.7 Å². The molecule has 1 aliphatic rings. The lowest BCUT2D eigenvalue weighted by Crippen LogP contribution is -2.31. The minimum Gasteiger partial charge on any atom is -0.507 e. The monoisotopic (exact) mass is 336 g/mol. The summed E-state index contributed by atoms with van der Waals surface area (Å²) in [5, 5.41) is 10.7. The molecular formula is C20H20N2O3. The van der Waals surface area contributed by atoms with Crippen molar-refractivity contribution in [3.8, 4) is 0 Å². The average Bonchev–Trinajstić information content (AvgIpc) is 2.91. The minimum absolute atomic E-state index is 0.103. The lowest BCUT2D eigenvalue weighted by atomic mass is 9.98. The van der Waals surface area contributed by atoms with Crippen LogP contribution < -0.4 is 0 Å². The largest absolute Gasteiger partial charge is 0.507 e. The van der Waals surface area contributed by atoms with Crippen molar-refractivity contribution in [1.82, 2.24) is 9.88 Å². The smallest absolute Gasteiger partial charge is 0.295 e. The van der Waals surface area contributed by atoms with Gasteiger partial charge < -0.3 is 10.0 Å². The number of benzene rings is 1. The van der Waals surface area contributed by atoms with Crippen LogP contribution in [-0.4, -0.2) is 33.2 Å². The molecule has 1 fully saturated rings. The van der Waals surface area contributed by atoms with Crippen molar-refractivity contribution in [2.75, 3.05) is 6.54 Å². The zero-order valence-electron chi connectivity index (χ0n) is 14.1. The first kappa shape index (κ1) is 16.9. The zero-order chi connectivity index (χ0) is 17.8. The SMILES string of the molecule is CCCCN1C(=O)C(=O)/C(=C(\O)c2ccccc2)C1c1ccccn1. The summed E-state index contributed by atoms with van der Waals surface area (Å²) in [5.41, 5.74) is 1.19. The van der Waals surface area contributed by atoms with Gasteiger partial charge in [-0.1, -0.05) is 49.7 Å². The highest BCUT2D eigenvalue weighted by molar-refractivity contribution is 6.46. The first-order chi connectivity index (χ1) is 12.1. The van der Waals surface area contributed by atoms with Crippen molar-refractivity contribution in [2.24, 2.45) is 0 Å². The number of likely N-dealkylation sites (tertiary alicyclic amines) is 1. The normalized spacial score (nSPS) is 19.4. The van der Waals surface area contributed by atoms with Crippen LogP contribution in [0.3, 0.4) is 0 Å². The third-order valence-corrected chi connectivity index (χ3v) is 4.31. The number of aromatic nitrogens is 1. The van der Waals surface area contributed by atoms with Crippen LogP contribution in [0.4, 0.5) is 0 Å². The van der Waals surface area contributed by atoms with Crippen molar-refractivity contribution >= 4 is 17.4 Å². The van der Waals surface area contributed by atoms with Gasteiger partial charge in [-0.25, -0.2) is 0 Å². The van der Waals surface area contributed by atoms with Crippen molar-refractivity contribution in [3.63, 3.8) is 0 Å². The Morgan fingerprint density at radius 2 is 1.84 bits per heavy atom.